The predicted octanol–water partition coefficient (Wildman–Crippen LogP) is 4.85. The van der Waals surface area contributed by atoms with Gasteiger partial charge in [-0.05, 0) is 35.7 Å². The highest BCUT2D eigenvalue weighted by molar-refractivity contribution is 6.08. The molecule has 2 heterocycles. The number of nitrogens with one attached hydrogen (secondary N) is 1. The average molecular weight is 457 g/mol. The summed E-state index contributed by atoms with van der Waals surface area (Å²) in [7, 11) is 1.85. The number of aliphatic hydroxyl groups excluding tert-OH is 1. The maximum Gasteiger partial charge on any atom is 0.391 e. The number of hydrogen-bond acceptors (Lipinski definition) is 4. The number of carbonyl (C=O) groups is 1. The lowest BCUT2D eigenvalue weighted by Gasteiger charge is -2.17. The first-order valence-electron chi connectivity index (χ1n) is 10.3. The molecule has 2 aromatic heterocycles. The molecule has 6 nitrogen and oxygen atoms in total. The Kier molecular flexibility index (Phi) is 5.99. The summed E-state index contributed by atoms with van der Waals surface area (Å²) in [6, 6.07) is 11.7. The van der Waals surface area contributed by atoms with E-state index in [0.717, 1.165) is 22.3 Å². The number of aryl methyl sites for hydroxylation is 2. The number of fused-ring (bicyclic) bond motifs is 1. The zero-order chi connectivity index (χ0) is 23.8. The van der Waals surface area contributed by atoms with E-state index in [1.54, 1.807) is 29.9 Å². The summed E-state index contributed by atoms with van der Waals surface area (Å²) in [5.74, 6) is -0.436. The third-order valence-corrected chi connectivity index (χ3v) is 5.38. The number of halogens is 3. The average Bonchev–Trinajstić information content (AvgIpc) is 3.34. The number of hydrogen-bond donors (Lipinski definition) is 2. The summed E-state index contributed by atoms with van der Waals surface area (Å²) in [6.45, 7) is 0.754. The van der Waals surface area contributed by atoms with Crippen LogP contribution in [0.1, 0.15) is 22.5 Å². The van der Waals surface area contributed by atoms with E-state index >= 15 is 0 Å². The number of furan rings is 1. The Balaban J connectivity index is 1.64. The minimum absolute atomic E-state index is 0.152. The Morgan fingerprint density at radius 3 is 2.33 bits per heavy atom. The SMILES string of the molecule is Cc1oc2ccc(-c3ccc(-c4cnn(C)c4)cc3)cc2c1C(=O)NC(CO)CC(F)(F)F. The summed E-state index contributed by atoms with van der Waals surface area (Å²) < 4.78 is 45.5. The van der Waals surface area contributed by atoms with Crippen molar-refractivity contribution in [2.45, 2.75) is 25.6 Å². The zero-order valence-electron chi connectivity index (χ0n) is 18.0. The van der Waals surface area contributed by atoms with Crippen LogP contribution in [0.15, 0.2) is 59.3 Å². The zero-order valence-corrected chi connectivity index (χ0v) is 18.0. The lowest BCUT2D eigenvalue weighted by Crippen LogP contribution is -2.40. The predicted molar refractivity (Wildman–Crippen MR) is 118 cm³/mol. The van der Waals surface area contributed by atoms with Gasteiger partial charge in [0.2, 0.25) is 0 Å². The molecule has 9 heteroatoms. The van der Waals surface area contributed by atoms with E-state index < -0.39 is 31.2 Å². The first kappa shape index (κ1) is 22.6. The number of alkyl halides is 3. The lowest BCUT2D eigenvalue weighted by atomic mass is 9.99. The van der Waals surface area contributed by atoms with Crippen molar-refractivity contribution in [2.24, 2.45) is 7.05 Å². The van der Waals surface area contributed by atoms with Crippen molar-refractivity contribution in [1.29, 1.82) is 0 Å². The monoisotopic (exact) mass is 457 g/mol. The second-order valence-electron chi connectivity index (χ2n) is 7.90. The summed E-state index contributed by atoms with van der Waals surface area (Å²) in [5.41, 5.74) is 4.32. The van der Waals surface area contributed by atoms with Crippen LogP contribution in [0.3, 0.4) is 0 Å². The van der Waals surface area contributed by atoms with Gasteiger partial charge in [0, 0.05) is 24.2 Å². The number of rotatable bonds is 6. The van der Waals surface area contributed by atoms with Crippen molar-refractivity contribution in [3.63, 3.8) is 0 Å². The minimum atomic E-state index is -4.51. The second kappa shape index (κ2) is 8.74. The molecule has 0 aliphatic rings. The third kappa shape index (κ3) is 4.93. The van der Waals surface area contributed by atoms with Crippen molar-refractivity contribution in [3.8, 4) is 22.3 Å². The first-order chi connectivity index (χ1) is 15.6. The van der Waals surface area contributed by atoms with E-state index in [-0.39, 0.29) is 11.3 Å². The topological polar surface area (TPSA) is 80.3 Å². The summed E-state index contributed by atoms with van der Waals surface area (Å²) in [4.78, 5) is 12.8. The van der Waals surface area contributed by atoms with Crippen LogP contribution in [-0.2, 0) is 7.05 Å². The number of benzene rings is 2. The van der Waals surface area contributed by atoms with Gasteiger partial charge in [-0.25, -0.2) is 0 Å². The standard InChI is InChI=1S/C24H22F3N3O3/c1-14-22(23(32)29-19(13-31)10-24(25,26)27)20-9-17(7-8-21(20)33-14)15-3-5-16(6-4-15)18-11-28-30(2)12-18/h3-9,11-12,19,31H,10,13H2,1-2H3,(H,29,32). The molecule has 4 rings (SSSR count). The molecule has 172 valence electrons. The molecule has 0 saturated heterocycles. The number of nitrogens with zero attached hydrogens (tertiary/aromatic N) is 2. The Morgan fingerprint density at radius 2 is 1.76 bits per heavy atom. The van der Waals surface area contributed by atoms with Crippen LogP contribution in [0, 0.1) is 6.92 Å². The van der Waals surface area contributed by atoms with Crippen LogP contribution in [-0.4, -0.2) is 39.6 Å². The maximum absolute atomic E-state index is 12.8. The Bertz CT molecular complexity index is 1290. The van der Waals surface area contributed by atoms with Gasteiger partial charge in [-0.2, -0.15) is 18.3 Å². The number of carbonyl (C=O) groups excluding carboxylic acids is 1. The normalized spacial score (nSPS) is 12.8. The van der Waals surface area contributed by atoms with Crippen molar-refractivity contribution < 1.29 is 27.5 Å². The molecule has 1 unspecified atom stereocenters. The summed E-state index contributed by atoms with van der Waals surface area (Å²) in [6.07, 6.45) is -2.14. The minimum Gasteiger partial charge on any atom is -0.461 e. The van der Waals surface area contributed by atoms with Gasteiger partial charge < -0.3 is 14.8 Å². The number of aromatic nitrogens is 2. The Morgan fingerprint density at radius 1 is 1.12 bits per heavy atom. The fraction of sp³-hybridized carbons (Fsp3) is 0.250. The van der Waals surface area contributed by atoms with Gasteiger partial charge in [-0.3, -0.25) is 9.48 Å². The quantitative estimate of drug-likeness (QED) is 0.434. The van der Waals surface area contributed by atoms with Crippen LogP contribution in [0.25, 0.3) is 33.2 Å². The highest BCUT2D eigenvalue weighted by atomic mass is 19.4. The molecule has 2 aromatic carbocycles. The molecule has 0 saturated carbocycles. The fourth-order valence-corrected chi connectivity index (χ4v) is 3.81. The van der Waals surface area contributed by atoms with Crippen LogP contribution < -0.4 is 5.32 Å². The molecular weight excluding hydrogens is 435 g/mol. The van der Waals surface area contributed by atoms with Crippen molar-refractivity contribution in [3.05, 3.63) is 66.2 Å². The van der Waals surface area contributed by atoms with Gasteiger partial charge in [-0.15, -0.1) is 0 Å². The molecule has 0 aliphatic carbocycles. The highest BCUT2D eigenvalue weighted by Crippen LogP contribution is 2.32. The van der Waals surface area contributed by atoms with Crippen molar-refractivity contribution in [2.75, 3.05) is 6.61 Å². The molecule has 1 amide bonds. The molecule has 1 atom stereocenters. The Hall–Kier alpha value is -3.59. The summed E-state index contributed by atoms with van der Waals surface area (Å²) >= 11 is 0. The molecule has 0 fully saturated rings. The van der Waals surface area contributed by atoms with Gasteiger partial charge in [-0.1, -0.05) is 30.3 Å². The van der Waals surface area contributed by atoms with Crippen molar-refractivity contribution in [1.82, 2.24) is 15.1 Å². The van der Waals surface area contributed by atoms with Gasteiger partial charge in [0.25, 0.3) is 5.91 Å². The summed E-state index contributed by atoms with van der Waals surface area (Å²) in [5, 5.41) is 16.2. The largest absolute Gasteiger partial charge is 0.461 e. The Labute approximate surface area is 187 Å². The van der Waals surface area contributed by atoms with E-state index in [1.807, 2.05) is 43.6 Å². The lowest BCUT2D eigenvalue weighted by molar-refractivity contribution is -0.141. The third-order valence-electron chi connectivity index (χ3n) is 5.38. The maximum atomic E-state index is 12.8. The van der Waals surface area contributed by atoms with E-state index in [4.69, 9.17) is 4.42 Å². The fourth-order valence-electron chi connectivity index (χ4n) is 3.81. The van der Waals surface area contributed by atoms with Gasteiger partial charge in [0.05, 0.1) is 30.8 Å². The van der Waals surface area contributed by atoms with Crippen LogP contribution >= 0.6 is 0 Å². The van der Waals surface area contributed by atoms with E-state index in [2.05, 4.69) is 10.4 Å². The molecule has 0 radical (unpaired) electrons. The number of aliphatic hydroxyl groups is 1. The van der Waals surface area contributed by atoms with Gasteiger partial charge in [0.1, 0.15) is 11.3 Å². The molecular formula is C24H22F3N3O3. The molecule has 0 aliphatic heterocycles. The van der Waals surface area contributed by atoms with E-state index in [9.17, 15) is 23.1 Å². The highest BCUT2D eigenvalue weighted by Gasteiger charge is 2.33. The first-order valence-corrected chi connectivity index (χ1v) is 10.3. The molecule has 2 N–H and O–H groups in total. The van der Waals surface area contributed by atoms with Gasteiger partial charge >= 0.3 is 6.18 Å². The smallest absolute Gasteiger partial charge is 0.391 e. The van der Waals surface area contributed by atoms with E-state index in [1.165, 1.54) is 0 Å². The van der Waals surface area contributed by atoms with Gasteiger partial charge in [0.15, 0.2) is 0 Å². The van der Waals surface area contributed by atoms with Crippen LogP contribution in [0.5, 0.6) is 0 Å². The van der Waals surface area contributed by atoms with E-state index in [0.29, 0.717) is 11.0 Å². The molecule has 0 bridgehead atoms. The molecule has 4 aromatic rings. The number of amides is 1. The molecule has 0 spiro atoms. The van der Waals surface area contributed by atoms with Crippen molar-refractivity contribution >= 4 is 16.9 Å². The molecule has 33 heavy (non-hydrogen) atoms. The second-order valence-corrected chi connectivity index (χ2v) is 7.90. The van der Waals surface area contributed by atoms with Crippen LogP contribution in [0.2, 0.25) is 0 Å². The van der Waals surface area contributed by atoms with Crippen LogP contribution in [0.4, 0.5) is 13.2 Å².